The van der Waals surface area contributed by atoms with Gasteiger partial charge in [0.1, 0.15) is 24.4 Å². The number of phosphoric acid groups is 3. The van der Waals surface area contributed by atoms with E-state index in [4.69, 9.17) is 30.9 Å². The second-order valence-corrected chi connectivity index (χ2v) is 9.93. The van der Waals surface area contributed by atoms with E-state index in [9.17, 15) is 28.5 Å². The van der Waals surface area contributed by atoms with E-state index in [1.165, 1.54) is 12.3 Å². The van der Waals surface area contributed by atoms with Crippen molar-refractivity contribution in [3.63, 3.8) is 0 Å². The lowest BCUT2D eigenvalue weighted by Crippen LogP contribution is -2.42. The maximum Gasteiger partial charge on any atom is 0.490 e. The molecule has 0 aromatic carbocycles. The van der Waals surface area contributed by atoms with Crippen molar-refractivity contribution in [2.75, 3.05) is 5.73 Å². The lowest BCUT2D eigenvalue weighted by Gasteiger charge is -2.24. The molecule has 1 aliphatic rings. The summed E-state index contributed by atoms with van der Waals surface area (Å²) in [4.78, 5) is 50.8. The minimum absolute atomic E-state index is 0.0642. The third kappa shape index (κ3) is 7.01. The fourth-order valence-electron chi connectivity index (χ4n) is 2.30. The van der Waals surface area contributed by atoms with E-state index in [-0.39, 0.29) is 12.2 Å². The first-order chi connectivity index (χ1) is 13.1. The lowest BCUT2D eigenvalue weighted by atomic mass is 10.1. The molecule has 2 heterocycles. The molecule has 1 aromatic heterocycles. The van der Waals surface area contributed by atoms with Gasteiger partial charge in [-0.25, -0.2) is 18.5 Å². The average molecular weight is 482 g/mol. The Balaban J connectivity index is 2.07. The van der Waals surface area contributed by atoms with Gasteiger partial charge >= 0.3 is 29.2 Å². The first kappa shape index (κ1) is 24.2. The van der Waals surface area contributed by atoms with Gasteiger partial charge in [-0.05, 0) is 6.07 Å². The predicted octanol–water partition coefficient (Wildman–Crippen LogP) is -1.90. The summed E-state index contributed by atoms with van der Waals surface area (Å²) in [5, 5.41) is 10.0. The van der Waals surface area contributed by atoms with E-state index >= 15 is 0 Å². The second kappa shape index (κ2) is 8.61. The van der Waals surface area contributed by atoms with Crippen LogP contribution in [0.3, 0.4) is 0 Å². The van der Waals surface area contributed by atoms with Crippen LogP contribution in [0.2, 0.25) is 0 Å². The number of hydrogen-bond acceptors (Lipinski definition) is 12. The van der Waals surface area contributed by atoms with Crippen LogP contribution in [-0.4, -0.2) is 52.7 Å². The van der Waals surface area contributed by atoms with Crippen molar-refractivity contribution in [2.24, 2.45) is 5.73 Å². The Morgan fingerprint density at radius 3 is 2.38 bits per heavy atom. The number of hydrogen-bond donors (Lipinski definition) is 7. The van der Waals surface area contributed by atoms with Gasteiger partial charge in [0.05, 0.1) is 6.10 Å². The van der Waals surface area contributed by atoms with Crippen molar-refractivity contribution in [3.8, 4) is 0 Å². The standard InChI is InChI=1S/C9H17N4O13P3/c10-5-1-2-13(9(15)12-5)6-3-4(14)7(23-6)8(11)24-28(19,20)26-29(21,22)25-27(16,17)18/h1-2,4,6-8,14H,3,11H2,(H,19,20)(H,21,22)(H2,10,12,15)(H2,16,17,18)/t4-,6+,7-,8?/m0/s1. The normalized spacial score (nSPS) is 27.9. The molecular formula is C9H17N4O13P3. The minimum atomic E-state index is -5.74. The predicted molar refractivity (Wildman–Crippen MR) is 90.4 cm³/mol. The molecule has 1 fully saturated rings. The zero-order valence-corrected chi connectivity index (χ0v) is 16.7. The smallest absolute Gasteiger partial charge is 0.390 e. The molecule has 1 aromatic rings. The van der Waals surface area contributed by atoms with Gasteiger partial charge in [-0.15, -0.1) is 0 Å². The first-order valence-corrected chi connectivity index (χ1v) is 11.9. The van der Waals surface area contributed by atoms with E-state index in [1.807, 2.05) is 0 Å². The van der Waals surface area contributed by atoms with Crippen LogP contribution in [0.1, 0.15) is 12.6 Å². The number of nitrogen functional groups attached to an aromatic ring is 1. The van der Waals surface area contributed by atoms with Crippen LogP contribution in [0.5, 0.6) is 0 Å². The zero-order chi connectivity index (χ0) is 22.2. The fourth-order valence-corrected chi connectivity index (χ4v) is 5.39. The molecule has 20 heteroatoms. The van der Waals surface area contributed by atoms with E-state index in [1.54, 1.807) is 0 Å². The summed E-state index contributed by atoms with van der Waals surface area (Å²) in [5.74, 6) is -0.0642. The number of rotatable bonds is 8. The van der Waals surface area contributed by atoms with E-state index in [0.29, 0.717) is 0 Å². The zero-order valence-electron chi connectivity index (χ0n) is 14.1. The molecule has 1 aliphatic heterocycles. The number of nitrogens with two attached hydrogens (primary N) is 2. The number of aliphatic hydroxyl groups excluding tert-OH is 1. The number of ether oxygens (including phenoxy) is 1. The highest BCUT2D eigenvalue weighted by Crippen LogP contribution is 2.66. The molecule has 2 rings (SSSR count). The molecule has 0 bridgehead atoms. The quantitative estimate of drug-likeness (QED) is 0.157. The Morgan fingerprint density at radius 2 is 1.83 bits per heavy atom. The van der Waals surface area contributed by atoms with E-state index in [0.717, 1.165) is 4.57 Å². The Bertz CT molecular complexity index is 948. The summed E-state index contributed by atoms with van der Waals surface area (Å²) in [6.45, 7) is 0. The van der Waals surface area contributed by atoms with Crippen LogP contribution in [0, 0.1) is 0 Å². The van der Waals surface area contributed by atoms with Gasteiger partial charge in [0, 0.05) is 12.6 Å². The van der Waals surface area contributed by atoms with Crippen molar-refractivity contribution in [1.82, 2.24) is 9.55 Å². The minimum Gasteiger partial charge on any atom is -0.390 e. The topological polar surface area (TPSA) is 276 Å². The van der Waals surface area contributed by atoms with Crippen molar-refractivity contribution in [1.29, 1.82) is 0 Å². The van der Waals surface area contributed by atoms with Crippen molar-refractivity contribution >= 4 is 29.3 Å². The number of aliphatic hydroxyl groups is 1. The van der Waals surface area contributed by atoms with Crippen LogP contribution in [0.25, 0.3) is 0 Å². The monoisotopic (exact) mass is 482 g/mol. The molecule has 17 nitrogen and oxygen atoms in total. The van der Waals surface area contributed by atoms with Crippen molar-refractivity contribution < 1.29 is 56.3 Å². The molecule has 0 amide bonds. The van der Waals surface area contributed by atoms with Gasteiger partial charge in [0.2, 0.25) is 0 Å². The summed E-state index contributed by atoms with van der Waals surface area (Å²) in [7, 11) is -16.8. The fraction of sp³-hybridized carbons (Fsp3) is 0.556. The second-order valence-electron chi connectivity index (χ2n) is 5.56. The highest BCUT2D eigenvalue weighted by atomic mass is 31.3. The number of aromatic nitrogens is 2. The molecule has 0 radical (unpaired) electrons. The van der Waals surface area contributed by atoms with Gasteiger partial charge in [-0.3, -0.25) is 9.09 Å². The van der Waals surface area contributed by atoms with Crippen molar-refractivity contribution in [3.05, 3.63) is 22.7 Å². The van der Waals surface area contributed by atoms with Gasteiger partial charge in [-0.1, -0.05) is 0 Å². The van der Waals surface area contributed by atoms with Gasteiger partial charge in [0.15, 0.2) is 0 Å². The SMILES string of the molecule is Nc1ccn([C@H]2C[C@H](O)[C@@H](C(N)OP(=O)(O)OP(=O)(O)OP(=O)(O)O)O2)c(=O)n1. The van der Waals surface area contributed by atoms with Crippen LogP contribution in [-0.2, 0) is 31.6 Å². The third-order valence-electron chi connectivity index (χ3n) is 3.29. The largest absolute Gasteiger partial charge is 0.490 e. The number of nitrogens with zero attached hydrogens (tertiary/aromatic N) is 2. The van der Waals surface area contributed by atoms with Crippen molar-refractivity contribution in [2.45, 2.75) is 31.1 Å². The summed E-state index contributed by atoms with van der Waals surface area (Å²) < 4.78 is 51.4. The Labute approximate surface area is 161 Å². The molecule has 9 N–H and O–H groups in total. The summed E-state index contributed by atoms with van der Waals surface area (Å²) in [6, 6.07) is 1.27. The molecule has 6 atom stereocenters. The first-order valence-electron chi connectivity index (χ1n) is 7.34. The molecule has 29 heavy (non-hydrogen) atoms. The van der Waals surface area contributed by atoms with E-state index < -0.39 is 53.8 Å². The number of phosphoric ester groups is 1. The molecule has 3 unspecified atom stereocenters. The van der Waals surface area contributed by atoms with Gasteiger partial charge in [0.25, 0.3) is 0 Å². The van der Waals surface area contributed by atoms with Crippen LogP contribution < -0.4 is 17.2 Å². The third-order valence-corrected chi connectivity index (χ3v) is 7.13. The molecule has 1 saturated heterocycles. The summed E-state index contributed by atoms with van der Waals surface area (Å²) >= 11 is 0. The van der Waals surface area contributed by atoms with Crippen LogP contribution in [0.15, 0.2) is 17.1 Å². The van der Waals surface area contributed by atoms with Gasteiger partial charge in [-0.2, -0.15) is 13.6 Å². The Hall–Kier alpha value is -1.03. The molecular weight excluding hydrogens is 465 g/mol. The Morgan fingerprint density at radius 1 is 1.21 bits per heavy atom. The van der Waals surface area contributed by atoms with Crippen LogP contribution in [0.4, 0.5) is 5.82 Å². The molecule has 0 saturated carbocycles. The lowest BCUT2D eigenvalue weighted by molar-refractivity contribution is -0.0783. The highest BCUT2D eigenvalue weighted by molar-refractivity contribution is 7.66. The van der Waals surface area contributed by atoms with Crippen LogP contribution >= 0.6 is 23.5 Å². The average Bonchev–Trinajstić information content (AvgIpc) is 2.84. The summed E-state index contributed by atoms with van der Waals surface area (Å²) in [5.41, 5.74) is 10.0. The molecule has 166 valence electrons. The molecule has 0 aliphatic carbocycles. The van der Waals surface area contributed by atoms with Gasteiger partial charge < -0.3 is 40.9 Å². The summed E-state index contributed by atoms with van der Waals surface area (Å²) in [6.07, 6.45) is -4.99. The Kier molecular flexibility index (Phi) is 7.20. The highest BCUT2D eigenvalue weighted by Gasteiger charge is 2.46. The molecule has 0 spiro atoms. The maximum absolute atomic E-state index is 11.8. The number of anilines is 1. The maximum atomic E-state index is 11.8. The van der Waals surface area contributed by atoms with E-state index in [2.05, 4.69) is 18.1 Å².